The largest absolute Gasteiger partial charge is 0.242 e. The molecule has 0 aliphatic heterocycles. The quantitative estimate of drug-likeness (QED) is 0.791. The lowest BCUT2D eigenvalue weighted by atomic mass is 10.1. The second-order valence-electron chi connectivity index (χ2n) is 3.11. The molecule has 2 aromatic rings. The number of hydrogen-bond donors (Lipinski definition) is 0. The number of nitrogens with zero attached hydrogens (tertiary/aromatic N) is 2. The molecule has 0 unspecified atom stereocenters. The molecule has 4 heteroatoms. The molecule has 0 spiro atoms. The van der Waals surface area contributed by atoms with Gasteiger partial charge >= 0.3 is 0 Å². The predicted octanol–water partition coefficient (Wildman–Crippen LogP) is 3.35. The van der Waals surface area contributed by atoms with Gasteiger partial charge in [0.2, 0.25) is 0 Å². The molecule has 0 radical (unpaired) electrons. The van der Waals surface area contributed by atoms with E-state index in [0.717, 1.165) is 4.47 Å². The minimum absolute atomic E-state index is 0.281. The lowest BCUT2D eigenvalue weighted by Gasteiger charge is -2.03. The van der Waals surface area contributed by atoms with Crippen molar-refractivity contribution in [3.63, 3.8) is 0 Å². The van der Waals surface area contributed by atoms with Crippen molar-refractivity contribution in [3.8, 4) is 11.3 Å². The summed E-state index contributed by atoms with van der Waals surface area (Å²) in [6.45, 7) is 1.78. The fraction of sp³-hybridized carbons (Fsp3) is 0.0909. The smallest absolute Gasteiger partial charge is 0.132 e. The zero-order valence-electron chi connectivity index (χ0n) is 8.04. The Morgan fingerprint density at radius 3 is 2.80 bits per heavy atom. The first-order valence-corrected chi connectivity index (χ1v) is 5.21. The van der Waals surface area contributed by atoms with Crippen LogP contribution < -0.4 is 0 Å². The van der Waals surface area contributed by atoms with Gasteiger partial charge in [0.1, 0.15) is 11.6 Å². The Morgan fingerprint density at radius 2 is 2.07 bits per heavy atom. The number of aryl methyl sites for hydroxylation is 1. The summed E-state index contributed by atoms with van der Waals surface area (Å²) in [6.07, 6.45) is 1.62. The van der Waals surface area contributed by atoms with Crippen LogP contribution in [0.25, 0.3) is 11.3 Å². The van der Waals surface area contributed by atoms with Crippen LogP contribution in [0.5, 0.6) is 0 Å². The van der Waals surface area contributed by atoms with Crippen molar-refractivity contribution in [1.82, 2.24) is 9.97 Å². The number of aromatic nitrogens is 2. The van der Waals surface area contributed by atoms with E-state index in [4.69, 9.17) is 0 Å². The van der Waals surface area contributed by atoms with E-state index in [9.17, 15) is 4.39 Å². The molecule has 2 rings (SSSR count). The van der Waals surface area contributed by atoms with E-state index in [2.05, 4.69) is 25.9 Å². The minimum Gasteiger partial charge on any atom is -0.242 e. The molecule has 0 N–H and O–H groups in total. The SMILES string of the molecule is Cc1nccc(-c2cc(Br)ccc2F)n1. The highest BCUT2D eigenvalue weighted by atomic mass is 79.9. The molecule has 15 heavy (non-hydrogen) atoms. The molecule has 1 heterocycles. The number of hydrogen-bond acceptors (Lipinski definition) is 2. The lowest BCUT2D eigenvalue weighted by molar-refractivity contribution is 0.630. The average Bonchev–Trinajstić information content (AvgIpc) is 2.22. The molecule has 0 fully saturated rings. The molecule has 0 saturated carbocycles. The number of benzene rings is 1. The molecule has 0 bridgehead atoms. The van der Waals surface area contributed by atoms with Crippen molar-refractivity contribution < 1.29 is 4.39 Å². The predicted molar refractivity (Wildman–Crippen MR) is 59.9 cm³/mol. The van der Waals surface area contributed by atoms with Crippen LogP contribution in [0.15, 0.2) is 34.9 Å². The van der Waals surface area contributed by atoms with E-state index in [1.165, 1.54) is 6.07 Å². The van der Waals surface area contributed by atoms with Crippen LogP contribution in [0.1, 0.15) is 5.82 Å². The maximum absolute atomic E-state index is 13.5. The highest BCUT2D eigenvalue weighted by Gasteiger charge is 2.06. The molecule has 0 amide bonds. The molecule has 1 aromatic carbocycles. The molecule has 76 valence electrons. The van der Waals surface area contributed by atoms with E-state index in [1.807, 2.05) is 0 Å². The van der Waals surface area contributed by atoms with E-state index in [-0.39, 0.29) is 5.82 Å². The second kappa shape index (κ2) is 4.06. The van der Waals surface area contributed by atoms with Crippen LogP contribution in [-0.4, -0.2) is 9.97 Å². The Hall–Kier alpha value is -1.29. The molecule has 2 nitrogen and oxygen atoms in total. The van der Waals surface area contributed by atoms with Crippen LogP contribution >= 0.6 is 15.9 Å². The summed E-state index contributed by atoms with van der Waals surface area (Å²) in [7, 11) is 0. The molecule has 0 atom stereocenters. The van der Waals surface area contributed by atoms with Crippen LogP contribution in [0, 0.1) is 12.7 Å². The van der Waals surface area contributed by atoms with Crippen LogP contribution in [0.2, 0.25) is 0 Å². The van der Waals surface area contributed by atoms with E-state index < -0.39 is 0 Å². The van der Waals surface area contributed by atoms with Gasteiger partial charge in [-0.05, 0) is 31.2 Å². The van der Waals surface area contributed by atoms with E-state index >= 15 is 0 Å². The maximum atomic E-state index is 13.5. The Labute approximate surface area is 95.3 Å². The van der Waals surface area contributed by atoms with Gasteiger partial charge in [-0.15, -0.1) is 0 Å². The van der Waals surface area contributed by atoms with Gasteiger partial charge in [0.15, 0.2) is 0 Å². The fourth-order valence-electron chi connectivity index (χ4n) is 1.30. The summed E-state index contributed by atoms with van der Waals surface area (Å²) in [6, 6.07) is 6.47. The van der Waals surface area contributed by atoms with Crippen molar-refractivity contribution in [2.75, 3.05) is 0 Å². The van der Waals surface area contributed by atoms with Gasteiger partial charge in [0, 0.05) is 16.2 Å². The maximum Gasteiger partial charge on any atom is 0.132 e. The highest BCUT2D eigenvalue weighted by molar-refractivity contribution is 9.10. The molecule has 0 saturated heterocycles. The van der Waals surface area contributed by atoms with Crippen LogP contribution in [0.3, 0.4) is 0 Å². The Morgan fingerprint density at radius 1 is 1.27 bits per heavy atom. The first-order chi connectivity index (χ1) is 7.16. The molecular formula is C11H8BrFN2. The van der Waals surface area contributed by atoms with Crippen molar-refractivity contribution in [3.05, 3.63) is 46.6 Å². The van der Waals surface area contributed by atoms with Gasteiger partial charge in [-0.3, -0.25) is 0 Å². The van der Waals surface area contributed by atoms with Crippen LogP contribution in [-0.2, 0) is 0 Å². The highest BCUT2D eigenvalue weighted by Crippen LogP contribution is 2.24. The number of rotatable bonds is 1. The summed E-state index contributed by atoms with van der Waals surface area (Å²) in [5, 5.41) is 0. The van der Waals surface area contributed by atoms with Crippen molar-refractivity contribution in [2.45, 2.75) is 6.92 Å². The van der Waals surface area contributed by atoms with Gasteiger partial charge in [-0.25, -0.2) is 14.4 Å². The van der Waals surface area contributed by atoms with Gasteiger partial charge in [-0.1, -0.05) is 15.9 Å². The average molecular weight is 267 g/mol. The molecule has 0 aliphatic rings. The summed E-state index contributed by atoms with van der Waals surface area (Å²) in [5.41, 5.74) is 1.08. The molecule has 0 aliphatic carbocycles. The fourth-order valence-corrected chi connectivity index (χ4v) is 1.66. The van der Waals surface area contributed by atoms with E-state index in [0.29, 0.717) is 17.1 Å². The Balaban J connectivity index is 2.58. The van der Waals surface area contributed by atoms with Crippen molar-refractivity contribution in [1.29, 1.82) is 0 Å². The summed E-state index contributed by atoms with van der Waals surface area (Å²) < 4.78 is 14.3. The van der Waals surface area contributed by atoms with Crippen molar-refractivity contribution in [2.24, 2.45) is 0 Å². The van der Waals surface area contributed by atoms with Crippen molar-refractivity contribution >= 4 is 15.9 Å². The van der Waals surface area contributed by atoms with Crippen LogP contribution in [0.4, 0.5) is 4.39 Å². The minimum atomic E-state index is -0.281. The number of halogens is 2. The van der Waals surface area contributed by atoms with Gasteiger partial charge < -0.3 is 0 Å². The zero-order chi connectivity index (χ0) is 10.8. The Kier molecular flexibility index (Phi) is 2.77. The first kappa shape index (κ1) is 10.2. The molecule has 1 aromatic heterocycles. The Bertz CT molecular complexity index is 500. The lowest BCUT2D eigenvalue weighted by Crippen LogP contribution is -1.92. The van der Waals surface area contributed by atoms with Gasteiger partial charge in [0.25, 0.3) is 0 Å². The molecular weight excluding hydrogens is 259 g/mol. The normalized spacial score (nSPS) is 10.3. The summed E-state index contributed by atoms with van der Waals surface area (Å²) in [5.74, 6) is 0.350. The third kappa shape index (κ3) is 2.21. The van der Waals surface area contributed by atoms with Gasteiger partial charge in [0.05, 0.1) is 5.69 Å². The monoisotopic (exact) mass is 266 g/mol. The van der Waals surface area contributed by atoms with Gasteiger partial charge in [-0.2, -0.15) is 0 Å². The summed E-state index contributed by atoms with van der Waals surface area (Å²) >= 11 is 3.30. The second-order valence-corrected chi connectivity index (χ2v) is 4.03. The standard InChI is InChI=1S/C11H8BrFN2/c1-7-14-5-4-11(15-7)9-6-8(12)2-3-10(9)13/h2-6H,1H3. The third-order valence-electron chi connectivity index (χ3n) is 1.98. The van der Waals surface area contributed by atoms with E-state index in [1.54, 1.807) is 31.3 Å². The summed E-state index contributed by atoms with van der Waals surface area (Å²) in [4.78, 5) is 8.15. The first-order valence-electron chi connectivity index (χ1n) is 4.42. The zero-order valence-corrected chi connectivity index (χ0v) is 9.62. The third-order valence-corrected chi connectivity index (χ3v) is 2.47. The topological polar surface area (TPSA) is 25.8 Å².